The molecular weight excluding hydrogens is 266 g/mol. The first-order chi connectivity index (χ1) is 10.2. The molecule has 21 heavy (non-hydrogen) atoms. The lowest BCUT2D eigenvalue weighted by atomic mass is 10.1. The van der Waals surface area contributed by atoms with Gasteiger partial charge in [-0.05, 0) is 19.0 Å². The molecule has 5 nitrogen and oxygen atoms in total. The molecule has 0 fully saturated rings. The third-order valence-electron chi connectivity index (χ3n) is 3.49. The van der Waals surface area contributed by atoms with E-state index >= 15 is 0 Å². The van der Waals surface area contributed by atoms with Crippen molar-refractivity contribution in [1.82, 2.24) is 15.0 Å². The highest BCUT2D eigenvalue weighted by Crippen LogP contribution is 2.10. The Morgan fingerprint density at radius 2 is 2.05 bits per heavy atom. The molecule has 0 saturated carbocycles. The Morgan fingerprint density at radius 1 is 1.29 bits per heavy atom. The Kier molecular flexibility index (Phi) is 5.90. The van der Waals surface area contributed by atoms with E-state index in [1.807, 2.05) is 18.2 Å². The number of benzene rings is 1. The zero-order chi connectivity index (χ0) is 15.1. The number of nitrogens with zero attached hydrogens (tertiary/aromatic N) is 3. The van der Waals surface area contributed by atoms with Gasteiger partial charge in [-0.3, -0.25) is 4.90 Å². The van der Waals surface area contributed by atoms with Crippen LogP contribution in [0, 0.1) is 0 Å². The van der Waals surface area contributed by atoms with Gasteiger partial charge in [0, 0.05) is 19.6 Å². The summed E-state index contributed by atoms with van der Waals surface area (Å²) < 4.78 is 10.6. The molecule has 0 spiro atoms. The van der Waals surface area contributed by atoms with Gasteiger partial charge in [0.15, 0.2) is 5.82 Å². The molecule has 1 heterocycles. The predicted molar refractivity (Wildman–Crippen MR) is 81.0 cm³/mol. The summed E-state index contributed by atoms with van der Waals surface area (Å²) in [5.41, 5.74) is 1.19. The second-order valence-corrected chi connectivity index (χ2v) is 5.13. The summed E-state index contributed by atoms with van der Waals surface area (Å²) in [6, 6.07) is 10.5. The maximum Gasteiger partial charge on any atom is 0.240 e. The summed E-state index contributed by atoms with van der Waals surface area (Å²) >= 11 is 0. The molecule has 2 aromatic rings. The molecule has 0 saturated heterocycles. The molecule has 0 unspecified atom stereocenters. The van der Waals surface area contributed by atoms with Gasteiger partial charge in [-0.25, -0.2) is 0 Å². The number of hydrogen-bond acceptors (Lipinski definition) is 5. The van der Waals surface area contributed by atoms with Crippen LogP contribution in [0.3, 0.4) is 0 Å². The molecule has 2 rings (SSSR count). The fraction of sp³-hybridized carbons (Fsp3) is 0.500. The number of aromatic nitrogens is 2. The van der Waals surface area contributed by atoms with Gasteiger partial charge < -0.3 is 9.26 Å². The van der Waals surface area contributed by atoms with Gasteiger partial charge in [-0.2, -0.15) is 4.98 Å². The first-order valence-electron chi connectivity index (χ1n) is 7.31. The third-order valence-corrected chi connectivity index (χ3v) is 3.49. The van der Waals surface area contributed by atoms with Crippen LogP contribution < -0.4 is 0 Å². The van der Waals surface area contributed by atoms with Gasteiger partial charge in [0.05, 0.1) is 13.2 Å². The smallest absolute Gasteiger partial charge is 0.240 e. The average molecular weight is 289 g/mol. The highest BCUT2D eigenvalue weighted by atomic mass is 16.5. The van der Waals surface area contributed by atoms with E-state index in [9.17, 15) is 0 Å². The van der Waals surface area contributed by atoms with Crippen LogP contribution in [0.25, 0.3) is 0 Å². The van der Waals surface area contributed by atoms with Crippen molar-refractivity contribution in [2.75, 3.05) is 20.3 Å². The molecular formula is C16H23N3O2. The number of rotatable bonds is 8. The molecule has 5 heteroatoms. The zero-order valence-electron chi connectivity index (χ0n) is 13.0. The molecule has 0 bridgehead atoms. The van der Waals surface area contributed by atoms with Crippen molar-refractivity contribution in [3.63, 3.8) is 0 Å². The van der Waals surface area contributed by atoms with E-state index in [-0.39, 0.29) is 0 Å². The first kappa shape index (κ1) is 15.7. The van der Waals surface area contributed by atoms with Gasteiger partial charge in [0.25, 0.3) is 0 Å². The van der Waals surface area contributed by atoms with Gasteiger partial charge in [0.1, 0.15) is 0 Å². The lowest BCUT2D eigenvalue weighted by Gasteiger charge is -2.25. The number of methoxy groups -OCH3 is 1. The summed E-state index contributed by atoms with van der Waals surface area (Å²) in [6.07, 6.45) is 0.699. The number of ether oxygens (including phenoxy) is 1. The van der Waals surface area contributed by atoms with E-state index in [1.54, 1.807) is 7.11 Å². The summed E-state index contributed by atoms with van der Waals surface area (Å²) in [5.74, 6) is 1.39. The first-order valence-corrected chi connectivity index (χ1v) is 7.31. The predicted octanol–water partition coefficient (Wildman–Crippen LogP) is 2.52. The van der Waals surface area contributed by atoms with E-state index in [4.69, 9.17) is 9.26 Å². The Labute approximate surface area is 125 Å². The van der Waals surface area contributed by atoms with E-state index in [0.717, 1.165) is 12.4 Å². The van der Waals surface area contributed by atoms with Crippen LogP contribution in [0.15, 0.2) is 34.9 Å². The molecule has 0 aliphatic carbocycles. The van der Waals surface area contributed by atoms with Crippen LogP contribution >= 0.6 is 0 Å². The van der Waals surface area contributed by atoms with Crippen LogP contribution in [-0.4, -0.2) is 41.3 Å². The highest BCUT2D eigenvalue weighted by molar-refractivity contribution is 5.18. The molecule has 0 amide bonds. The summed E-state index contributed by atoms with van der Waals surface area (Å²) in [5, 5.41) is 4.06. The number of likely N-dealkylation sites (N-methyl/N-ethyl adjacent to an activating group) is 1. The molecule has 1 aromatic heterocycles. The van der Waals surface area contributed by atoms with Crippen LogP contribution in [0.5, 0.6) is 0 Å². The lowest BCUT2D eigenvalue weighted by Crippen LogP contribution is -2.35. The molecule has 0 aliphatic heterocycles. The van der Waals surface area contributed by atoms with E-state index in [1.165, 1.54) is 5.56 Å². The lowest BCUT2D eigenvalue weighted by molar-refractivity contribution is 0.0907. The SMILES string of the molecule is CCN(Cc1nc(Cc2ccccc2)no1)[C@@H](C)COC. The second-order valence-electron chi connectivity index (χ2n) is 5.13. The Hall–Kier alpha value is -1.72. The van der Waals surface area contributed by atoms with E-state index < -0.39 is 0 Å². The molecule has 0 aliphatic rings. The third kappa shape index (κ3) is 4.65. The molecule has 1 aromatic carbocycles. The summed E-state index contributed by atoms with van der Waals surface area (Å²) in [7, 11) is 1.72. The maximum atomic E-state index is 5.35. The van der Waals surface area contributed by atoms with Crippen molar-refractivity contribution >= 4 is 0 Å². The van der Waals surface area contributed by atoms with Crippen molar-refractivity contribution in [3.05, 3.63) is 47.6 Å². The minimum atomic E-state index is 0.324. The maximum absolute atomic E-state index is 5.35. The molecule has 0 radical (unpaired) electrons. The number of hydrogen-bond donors (Lipinski definition) is 0. The normalized spacial score (nSPS) is 12.8. The minimum Gasteiger partial charge on any atom is -0.383 e. The van der Waals surface area contributed by atoms with Gasteiger partial charge in [-0.1, -0.05) is 42.4 Å². The zero-order valence-corrected chi connectivity index (χ0v) is 13.0. The second kappa shape index (κ2) is 7.90. The summed E-state index contributed by atoms with van der Waals surface area (Å²) in [6.45, 7) is 6.52. The van der Waals surface area contributed by atoms with Crippen molar-refractivity contribution in [3.8, 4) is 0 Å². The standard InChI is InChI=1S/C16H23N3O2/c1-4-19(13(2)12-20-3)11-16-17-15(18-21-16)10-14-8-6-5-7-9-14/h5-9,13H,4,10-12H2,1-3H3/t13-/m0/s1. The van der Waals surface area contributed by atoms with Crippen LogP contribution in [-0.2, 0) is 17.7 Å². The Bertz CT molecular complexity index is 527. The largest absolute Gasteiger partial charge is 0.383 e. The average Bonchev–Trinajstić information content (AvgIpc) is 2.93. The van der Waals surface area contributed by atoms with E-state index in [2.05, 4.69) is 41.0 Å². The van der Waals surface area contributed by atoms with Gasteiger partial charge >= 0.3 is 0 Å². The molecule has 0 N–H and O–H groups in total. The van der Waals surface area contributed by atoms with Crippen LogP contribution in [0.1, 0.15) is 31.1 Å². The monoisotopic (exact) mass is 289 g/mol. The topological polar surface area (TPSA) is 51.4 Å². The van der Waals surface area contributed by atoms with Crippen molar-refractivity contribution < 1.29 is 9.26 Å². The fourth-order valence-corrected chi connectivity index (χ4v) is 2.30. The fourth-order valence-electron chi connectivity index (χ4n) is 2.30. The quantitative estimate of drug-likeness (QED) is 0.747. The van der Waals surface area contributed by atoms with Crippen molar-refractivity contribution in [2.24, 2.45) is 0 Å². The van der Waals surface area contributed by atoms with Crippen molar-refractivity contribution in [1.29, 1.82) is 0 Å². The van der Waals surface area contributed by atoms with Gasteiger partial charge in [-0.15, -0.1) is 0 Å². The van der Waals surface area contributed by atoms with Crippen molar-refractivity contribution in [2.45, 2.75) is 32.9 Å². The summed E-state index contributed by atoms with van der Waals surface area (Å²) in [4.78, 5) is 6.73. The highest BCUT2D eigenvalue weighted by Gasteiger charge is 2.16. The van der Waals surface area contributed by atoms with E-state index in [0.29, 0.717) is 31.5 Å². The Balaban J connectivity index is 1.96. The van der Waals surface area contributed by atoms with Gasteiger partial charge in [0.2, 0.25) is 5.89 Å². The van der Waals surface area contributed by atoms with Crippen LogP contribution in [0.2, 0.25) is 0 Å². The Morgan fingerprint density at radius 3 is 2.71 bits per heavy atom. The minimum absolute atomic E-state index is 0.324. The molecule has 1 atom stereocenters. The molecule has 114 valence electrons. The van der Waals surface area contributed by atoms with Crippen LogP contribution in [0.4, 0.5) is 0 Å².